The van der Waals surface area contributed by atoms with E-state index in [4.69, 9.17) is 0 Å². The van der Waals surface area contributed by atoms with Crippen molar-refractivity contribution in [3.63, 3.8) is 0 Å². The van der Waals surface area contributed by atoms with Crippen molar-refractivity contribution in [1.82, 2.24) is 5.32 Å². The molecule has 2 rings (SSSR count). The van der Waals surface area contributed by atoms with E-state index >= 15 is 0 Å². The van der Waals surface area contributed by atoms with Crippen molar-refractivity contribution in [2.45, 2.75) is 31.6 Å². The number of thiophene rings is 1. The van der Waals surface area contributed by atoms with E-state index in [-0.39, 0.29) is 12.5 Å². The Bertz CT molecular complexity index is 680. The van der Waals surface area contributed by atoms with Gasteiger partial charge in [0.05, 0.1) is 5.41 Å². The summed E-state index contributed by atoms with van der Waals surface area (Å²) in [6, 6.07) is 12.8. The number of rotatable bonds is 6. The van der Waals surface area contributed by atoms with Crippen LogP contribution in [0.15, 0.2) is 47.8 Å². The van der Waals surface area contributed by atoms with Crippen LogP contribution in [-0.2, 0) is 20.4 Å². The first kappa shape index (κ1) is 17.2. The molecule has 1 atom stereocenters. The Balaban J connectivity index is 2.17. The van der Waals surface area contributed by atoms with E-state index in [2.05, 4.69) is 5.32 Å². The predicted molar refractivity (Wildman–Crippen MR) is 91.8 cm³/mol. The third-order valence-electron chi connectivity index (χ3n) is 4.19. The molecule has 1 unspecified atom stereocenters. The molecule has 0 aliphatic carbocycles. The zero-order chi connectivity index (χ0) is 17.1. The quantitative estimate of drug-likeness (QED) is 0.854. The molecule has 0 saturated heterocycles. The lowest BCUT2D eigenvalue weighted by molar-refractivity contribution is -0.143. The molecule has 5 heteroatoms. The molecular weight excluding hydrogens is 310 g/mol. The maximum absolute atomic E-state index is 12.6. The van der Waals surface area contributed by atoms with Gasteiger partial charge < -0.3 is 10.4 Å². The molecule has 0 bridgehead atoms. The van der Waals surface area contributed by atoms with E-state index in [1.807, 2.05) is 37.4 Å². The highest BCUT2D eigenvalue weighted by Crippen LogP contribution is 2.29. The lowest BCUT2D eigenvalue weighted by Gasteiger charge is -2.29. The highest BCUT2D eigenvalue weighted by atomic mass is 32.1. The summed E-state index contributed by atoms with van der Waals surface area (Å²) in [7, 11) is 0. The molecule has 0 saturated carbocycles. The van der Waals surface area contributed by atoms with Crippen molar-refractivity contribution in [3.8, 4) is 0 Å². The molecule has 0 fully saturated rings. The first-order valence-corrected chi connectivity index (χ1v) is 8.27. The Hall–Kier alpha value is -2.14. The number of hydrogen-bond donors (Lipinski definition) is 2. The van der Waals surface area contributed by atoms with Crippen molar-refractivity contribution in [3.05, 3.63) is 58.3 Å². The van der Waals surface area contributed by atoms with Crippen LogP contribution in [0.4, 0.5) is 0 Å². The SMILES string of the molecule is CC(C)(C(=O)NCC(C)(C(=O)O)c1ccccc1)c1cccs1. The summed E-state index contributed by atoms with van der Waals surface area (Å²) in [5, 5.41) is 14.4. The minimum atomic E-state index is -1.16. The maximum atomic E-state index is 12.6. The van der Waals surface area contributed by atoms with E-state index in [1.54, 1.807) is 31.2 Å². The topological polar surface area (TPSA) is 66.4 Å². The fourth-order valence-corrected chi connectivity index (χ4v) is 3.18. The number of benzene rings is 1. The van der Waals surface area contributed by atoms with Crippen LogP contribution in [0.5, 0.6) is 0 Å². The first-order valence-electron chi connectivity index (χ1n) is 7.39. The predicted octanol–water partition coefficient (Wildman–Crippen LogP) is 3.18. The third kappa shape index (κ3) is 3.45. The normalized spacial score (nSPS) is 14.0. The van der Waals surface area contributed by atoms with Gasteiger partial charge in [-0.05, 0) is 37.8 Å². The molecule has 0 radical (unpaired) electrons. The summed E-state index contributed by atoms with van der Waals surface area (Å²) in [4.78, 5) is 25.3. The van der Waals surface area contributed by atoms with Gasteiger partial charge in [0.1, 0.15) is 5.41 Å². The van der Waals surface area contributed by atoms with Gasteiger partial charge in [0.25, 0.3) is 0 Å². The highest BCUT2D eigenvalue weighted by Gasteiger charge is 2.38. The minimum Gasteiger partial charge on any atom is -0.481 e. The van der Waals surface area contributed by atoms with Crippen molar-refractivity contribution in [1.29, 1.82) is 0 Å². The molecule has 0 aliphatic heterocycles. The standard InChI is InChI=1S/C18H21NO3S/c1-17(2,14-10-7-11-23-14)15(20)19-12-18(3,16(21)22)13-8-5-4-6-9-13/h4-11H,12H2,1-3H3,(H,19,20)(H,21,22). The van der Waals surface area contributed by atoms with Crippen LogP contribution < -0.4 is 5.32 Å². The van der Waals surface area contributed by atoms with Crippen LogP contribution in [0.25, 0.3) is 0 Å². The molecule has 0 aliphatic rings. The molecule has 1 heterocycles. The van der Waals surface area contributed by atoms with Crippen LogP contribution in [0, 0.1) is 0 Å². The van der Waals surface area contributed by atoms with Crippen molar-refractivity contribution < 1.29 is 14.7 Å². The number of carbonyl (C=O) groups is 2. The number of aliphatic carboxylic acids is 1. The van der Waals surface area contributed by atoms with Gasteiger partial charge in [-0.25, -0.2) is 0 Å². The summed E-state index contributed by atoms with van der Waals surface area (Å²) in [6.45, 7) is 5.35. The van der Waals surface area contributed by atoms with Gasteiger partial charge in [0, 0.05) is 11.4 Å². The summed E-state index contributed by atoms with van der Waals surface area (Å²) < 4.78 is 0. The fourth-order valence-electron chi connectivity index (χ4n) is 2.33. The van der Waals surface area contributed by atoms with Gasteiger partial charge in [0.15, 0.2) is 0 Å². The van der Waals surface area contributed by atoms with Crippen molar-refractivity contribution in [2.24, 2.45) is 0 Å². The summed E-state index contributed by atoms with van der Waals surface area (Å²) >= 11 is 1.52. The number of carboxylic acid groups (broad SMARTS) is 1. The second-order valence-corrected chi connectivity index (χ2v) is 7.24. The smallest absolute Gasteiger partial charge is 0.315 e. The fraction of sp³-hybridized carbons (Fsp3) is 0.333. The molecule has 1 amide bonds. The van der Waals surface area contributed by atoms with E-state index in [0.29, 0.717) is 5.56 Å². The summed E-state index contributed by atoms with van der Waals surface area (Å²) in [5.41, 5.74) is -1.19. The van der Waals surface area contributed by atoms with Gasteiger partial charge >= 0.3 is 5.97 Å². The van der Waals surface area contributed by atoms with Gasteiger partial charge in [-0.3, -0.25) is 9.59 Å². The maximum Gasteiger partial charge on any atom is 0.315 e. The molecule has 0 spiro atoms. The van der Waals surface area contributed by atoms with Gasteiger partial charge in [-0.15, -0.1) is 11.3 Å². The Labute approximate surface area is 140 Å². The molecule has 2 aromatic rings. The van der Waals surface area contributed by atoms with Gasteiger partial charge in [-0.1, -0.05) is 36.4 Å². The van der Waals surface area contributed by atoms with Crippen LogP contribution in [0.2, 0.25) is 0 Å². The monoisotopic (exact) mass is 331 g/mol. The Kier molecular flexibility index (Phi) is 4.90. The molecule has 122 valence electrons. The summed E-state index contributed by atoms with van der Waals surface area (Å²) in [6.07, 6.45) is 0. The number of carbonyl (C=O) groups excluding carboxylic acids is 1. The largest absolute Gasteiger partial charge is 0.481 e. The highest BCUT2D eigenvalue weighted by molar-refractivity contribution is 7.10. The average molecular weight is 331 g/mol. The van der Waals surface area contributed by atoms with Crippen LogP contribution in [0.3, 0.4) is 0 Å². The van der Waals surface area contributed by atoms with E-state index in [0.717, 1.165) is 4.88 Å². The third-order valence-corrected chi connectivity index (χ3v) is 5.38. The second-order valence-electron chi connectivity index (χ2n) is 6.29. The number of hydrogen-bond acceptors (Lipinski definition) is 3. The molecule has 1 aromatic heterocycles. The summed E-state index contributed by atoms with van der Waals surface area (Å²) in [5.74, 6) is -1.14. The van der Waals surface area contributed by atoms with E-state index < -0.39 is 16.8 Å². The second kappa shape index (κ2) is 6.54. The van der Waals surface area contributed by atoms with Crippen molar-refractivity contribution in [2.75, 3.05) is 6.54 Å². The lowest BCUT2D eigenvalue weighted by atomic mass is 9.81. The first-order chi connectivity index (χ1) is 10.8. The van der Waals surface area contributed by atoms with Crippen LogP contribution >= 0.6 is 11.3 Å². The molecule has 1 aromatic carbocycles. The van der Waals surface area contributed by atoms with Crippen LogP contribution in [-0.4, -0.2) is 23.5 Å². The zero-order valence-electron chi connectivity index (χ0n) is 13.5. The number of amides is 1. The number of nitrogens with one attached hydrogen (secondary N) is 1. The Morgan fingerprint density at radius 2 is 1.74 bits per heavy atom. The van der Waals surface area contributed by atoms with Crippen molar-refractivity contribution >= 4 is 23.2 Å². The average Bonchev–Trinajstić information content (AvgIpc) is 3.08. The van der Waals surface area contributed by atoms with Gasteiger partial charge in [-0.2, -0.15) is 0 Å². The molecule has 2 N–H and O–H groups in total. The minimum absolute atomic E-state index is 0.0417. The zero-order valence-corrected chi connectivity index (χ0v) is 14.3. The lowest BCUT2D eigenvalue weighted by Crippen LogP contribution is -2.48. The van der Waals surface area contributed by atoms with Gasteiger partial charge in [0.2, 0.25) is 5.91 Å². The Morgan fingerprint density at radius 1 is 1.09 bits per heavy atom. The molecular formula is C18H21NO3S. The number of carboxylic acids is 1. The molecule has 23 heavy (non-hydrogen) atoms. The van der Waals surface area contributed by atoms with Crippen LogP contribution in [0.1, 0.15) is 31.2 Å². The van der Waals surface area contributed by atoms with E-state index in [9.17, 15) is 14.7 Å². The molecule has 4 nitrogen and oxygen atoms in total. The Morgan fingerprint density at radius 3 is 2.26 bits per heavy atom. The van der Waals surface area contributed by atoms with E-state index in [1.165, 1.54) is 11.3 Å².